The van der Waals surface area contributed by atoms with E-state index in [1.165, 1.54) is 16.9 Å². The van der Waals surface area contributed by atoms with Gasteiger partial charge in [-0.25, -0.2) is 4.98 Å². The minimum absolute atomic E-state index is 0.488. The molecule has 0 aliphatic rings. The molecule has 0 saturated heterocycles. The zero-order valence-corrected chi connectivity index (χ0v) is 23.6. The van der Waals surface area contributed by atoms with Gasteiger partial charge < -0.3 is 4.42 Å². The van der Waals surface area contributed by atoms with E-state index in [9.17, 15) is 0 Å². The van der Waals surface area contributed by atoms with Crippen molar-refractivity contribution in [3.05, 3.63) is 101 Å². The molecule has 6 nitrogen and oxygen atoms in total. The fourth-order valence-electron chi connectivity index (χ4n) is 4.65. The van der Waals surface area contributed by atoms with Crippen LogP contribution in [0, 0.1) is 0 Å². The molecule has 0 N–H and O–H groups in total. The summed E-state index contributed by atoms with van der Waals surface area (Å²) in [7, 11) is 0. The van der Waals surface area contributed by atoms with E-state index in [0.29, 0.717) is 17.5 Å². The predicted octanol–water partition coefficient (Wildman–Crippen LogP) is 8.88. The van der Waals surface area contributed by atoms with Crippen molar-refractivity contribution in [2.24, 2.45) is 0 Å². The van der Waals surface area contributed by atoms with Gasteiger partial charge in [-0.05, 0) is 47.9 Å². The minimum atomic E-state index is 0.488. The van der Waals surface area contributed by atoms with Gasteiger partial charge in [0.05, 0.1) is 5.52 Å². The second-order valence-corrected chi connectivity index (χ2v) is 11.5. The number of furan rings is 1. The van der Waals surface area contributed by atoms with E-state index in [0.717, 1.165) is 53.5 Å². The first-order valence-electron chi connectivity index (χ1n) is 12.6. The molecule has 190 valence electrons. The molecule has 0 unspecified atom stereocenters. The number of benzene rings is 3. The van der Waals surface area contributed by atoms with E-state index in [1.807, 2.05) is 59.1 Å². The Morgan fingerprint density at radius 2 is 1.56 bits per heavy atom. The summed E-state index contributed by atoms with van der Waals surface area (Å²) in [4.78, 5) is 5.67. The molecule has 0 radical (unpaired) electrons. The van der Waals surface area contributed by atoms with Gasteiger partial charge in [-0.15, -0.1) is 10.2 Å². The lowest BCUT2D eigenvalue weighted by Gasteiger charge is -2.07. The van der Waals surface area contributed by atoms with Crippen LogP contribution in [0.3, 0.4) is 0 Å². The first-order valence-corrected chi connectivity index (χ1v) is 14.2. The molecule has 39 heavy (non-hydrogen) atoms. The fourth-order valence-corrected chi connectivity index (χ4v) is 5.78. The highest BCUT2D eigenvalue weighted by Gasteiger charge is 2.19. The lowest BCUT2D eigenvalue weighted by atomic mass is 10.0. The lowest BCUT2D eigenvalue weighted by Crippen LogP contribution is -1.92. The highest BCUT2D eigenvalue weighted by Crippen LogP contribution is 2.37. The summed E-state index contributed by atoms with van der Waals surface area (Å²) in [6, 6.07) is 30.7. The summed E-state index contributed by atoms with van der Waals surface area (Å²) in [5.74, 6) is 2.72. The molecule has 0 saturated carbocycles. The molecule has 0 amide bonds. The number of fused-ring (bicyclic) bond motifs is 2. The van der Waals surface area contributed by atoms with Crippen molar-refractivity contribution < 1.29 is 4.42 Å². The maximum atomic E-state index is 6.32. The van der Waals surface area contributed by atoms with Crippen LogP contribution in [0.1, 0.15) is 25.3 Å². The van der Waals surface area contributed by atoms with E-state index >= 15 is 0 Å². The van der Waals surface area contributed by atoms with Gasteiger partial charge in [0.25, 0.3) is 0 Å². The van der Waals surface area contributed by atoms with E-state index < -0.39 is 0 Å². The Bertz CT molecular complexity index is 1950. The number of halogens is 1. The number of pyridine rings is 1. The molecule has 0 fully saturated rings. The topological polar surface area (TPSA) is 69.1 Å². The quantitative estimate of drug-likeness (QED) is 0.200. The number of nitrogens with zero attached hydrogens (tertiary/aromatic N) is 5. The van der Waals surface area contributed by atoms with Gasteiger partial charge in [-0.2, -0.15) is 9.61 Å². The molecular weight excluding hydrogens is 570 g/mol. The summed E-state index contributed by atoms with van der Waals surface area (Å²) in [5, 5.41) is 15.6. The van der Waals surface area contributed by atoms with Crippen molar-refractivity contribution in [1.29, 1.82) is 0 Å². The zero-order valence-electron chi connectivity index (χ0n) is 21.2. The smallest absolute Gasteiger partial charge is 0.235 e. The van der Waals surface area contributed by atoms with Crippen LogP contribution in [0.2, 0.25) is 0 Å². The van der Waals surface area contributed by atoms with Gasteiger partial charge >= 0.3 is 0 Å². The Morgan fingerprint density at radius 3 is 2.36 bits per heavy atom. The van der Waals surface area contributed by atoms with Crippen molar-refractivity contribution >= 4 is 43.1 Å². The minimum Gasteiger partial charge on any atom is -0.454 e. The Kier molecular flexibility index (Phi) is 5.86. The molecule has 3 aromatic carbocycles. The maximum Gasteiger partial charge on any atom is 0.235 e. The Balaban J connectivity index is 1.32. The third-order valence-corrected chi connectivity index (χ3v) is 8.22. The monoisotopic (exact) mass is 591 g/mol. The molecule has 0 spiro atoms. The van der Waals surface area contributed by atoms with Crippen LogP contribution >= 0.6 is 27.3 Å². The highest BCUT2D eigenvalue weighted by molar-refractivity contribution is 9.10. The molecular formula is C31H22BrN5OS. The van der Waals surface area contributed by atoms with Gasteiger partial charge in [0.15, 0.2) is 11.6 Å². The standard InChI is InChI=1S/C31H22BrN5OS/c1-18(2)19-7-9-20(10-8-19)27-15-16-28(38-27)26-17-24(23-5-3-4-6-25(23)33-26)30-36-37-29(34-35-31(37)39-30)21-11-13-22(32)14-12-21/h3-18H,1-2H3. The number of para-hydroxylation sites is 1. The zero-order chi connectivity index (χ0) is 26.5. The second kappa shape index (κ2) is 9.55. The van der Waals surface area contributed by atoms with E-state index in [4.69, 9.17) is 14.5 Å². The number of hydrogen-bond donors (Lipinski definition) is 0. The average molecular weight is 593 g/mol. The number of rotatable bonds is 5. The van der Waals surface area contributed by atoms with Gasteiger partial charge in [0.1, 0.15) is 16.5 Å². The Hall–Kier alpha value is -4.14. The highest BCUT2D eigenvalue weighted by atomic mass is 79.9. The Labute approximate surface area is 237 Å². The van der Waals surface area contributed by atoms with Crippen molar-refractivity contribution in [3.8, 4) is 44.7 Å². The largest absolute Gasteiger partial charge is 0.454 e. The normalized spacial score (nSPS) is 11.7. The van der Waals surface area contributed by atoms with E-state index in [1.54, 1.807) is 0 Å². The Morgan fingerprint density at radius 1 is 0.821 bits per heavy atom. The summed E-state index contributed by atoms with van der Waals surface area (Å²) in [5.41, 5.74) is 5.91. The predicted molar refractivity (Wildman–Crippen MR) is 160 cm³/mol. The molecule has 0 atom stereocenters. The van der Waals surface area contributed by atoms with Crippen LogP contribution in [-0.4, -0.2) is 24.8 Å². The van der Waals surface area contributed by atoms with Crippen LogP contribution in [0.5, 0.6) is 0 Å². The van der Waals surface area contributed by atoms with Gasteiger partial charge in [-0.1, -0.05) is 95.7 Å². The summed E-state index contributed by atoms with van der Waals surface area (Å²) in [6.45, 7) is 4.39. The van der Waals surface area contributed by atoms with Crippen LogP contribution in [-0.2, 0) is 0 Å². The van der Waals surface area contributed by atoms with Crippen molar-refractivity contribution in [1.82, 2.24) is 24.8 Å². The molecule has 8 heteroatoms. The molecule has 4 aromatic heterocycles. The molecule has 7 rings (SSSR count). The third-order valence-electron chi connectivity index (χ3n) is 6.76. The number of hydrogen-bond acceptors (Lipinski definition) is 6. The number of aromatic nitrogens is 5. The molecule has 0 aliphatic heterocycles. The maximum absolute atomic E-state index is 6.32. The van der Waals surface area contributed by atoms with Gasteiger partial charge in [0, 0.05) is 26.5 Å². The van der Waals surface area contributed by atoms with Crippen molar-refractivity contribution in [3.63, 3.8) is 0 Å². The van der Waals surface area contributed by atoms with Crippen LogP contribution < -0.4 is 0 Å². The first-order chi connectivity index (χ1) is 19.0. The summed E-state index contributed by atoms with van der Waals surface area (Å²) in [6.07, 6.45) is 0. The summed E-state index contributed by atoms with van der Waals surface area (Å²) >= 11 is 5.00. The molecule has 4 heterocycles. The lowest BCUT2D eigenvalue weighted by molar-refractivity contribution is 0.595. The van der Waals surface area contributed by atoms with Crippen LogP contribution in [0.15, 0.2) is 99.9 Å². The van der Waals surface area contributed by atoms with Gasteiger partial charge in [-0.3, -0.25) is 0 Å². The van der Waals surface area contributed by atoms with E-state index in [2.05, 4.69) is 76.4 Å². The van der Waals surface area contributed by atoms with Crippen molar-refractivity contribution in [2.45, 2.75) is 19.8 Å². The second-order valence-electron chi connectivity index (χ2n) is 9.64. The van der Waals surface area contributed by atoms with Crippen LogP contribution in [0.25, 0.3) is 60.6 Å². The fraction of sp³-hybridized carbons (Fsp3) is 0.0968. The average Bonchev–Trinajstić information content (AvgIpc) is 3.70. The van der Waals surface area contributed by atoms with Crippen molar-refractivity contribution in [2.75, 3.05) is 0 Å². The molecule has 0 aliphatic carbocycles. The molecule has 0 bridgehead atoms. The van der Waals surface area contributed by atoms with Crippen LogP contribution in [0.4, 0.5) is 0 Å². The van der Waals surface area contributed by atoms with E-state index in [-0.39, 0.29) is 0 Å². The molecule has 7 aromatic rings. The third kappa shape index (κ3) is 4.35. The first kappa shape index (κ1) is 23.9. The SMILES string of the molecule is CC(C)c1ccc(-c2ccc(-c3cc(-c4nn5c(-c6ccc(Br)cc6)nnc5s4)c4ccccc4n3)o2)cc1. The summed E-state index contributed by atoms with van der Waals surface area (Å²) < 4.78 is 9.13. The van der Waals surface area contributed by atoms with Gasteiger partial charge in [0.2, 0.25) is 4.96 Å².